The highest BCUT2D eigenvalue weighted by Crippen LogP contribution is 2.25. The Kier molecular flexibility index (Phi) is 5.35. The lowest BCUT2D eigenvalue weighted by atomic mass is 10.0. The summed E-state index contributed by atoms with van der Waals surface area (Å²) in [6, 6.07) is 11.2. The van der Waals surface area contributed by atoms with Crippen molar-refractivity contribution in [2.75, 3.05) is 5.32 Å². The van der Waals surface area contributed by atoms with Gasteiger partial charge in [-0.15, -0.1) is 0 Å². The third-order valence-electron chi connectivity index (χ3n) is 4.09. The minimum Gasteiger partial charge on any atom is -0.444 e. The van der Waals surface area contributed by atoms with Crippen molar-refractivity contribution in [1.82, 2.24) is 14.9 Å². The molecule has 2 aromatic carbocycles. The SMILES string of the molecule is Cn1ccnc1CNC(=O)c1cc2ccccc2cc1NC(=O)OC(C)(C)C. The zero-order valence-corrected chi connectivity index (χ0v) is 16.4. The number of ether oxygens (including phenoxy) is 1. The Morgan fingerprint density at radius 2 is 1.82 bits per heavy atom. The van der Waals surface area contributed by atoms with Crippen LogP contribution in [0.5, 0.6) is 0 Å². The molecule has 0 fully saturated rings. The van der Waals surface area contributed by atoms with Crippen molar-refractivity contribution in [3.63, 3.8) is 0 Å². The maximum absolute atomic E-state index is 12.8. The van der Waals surface area contributed by atoms with E-state index in [1.165, 1.54) is 0 Å². The van der Waals surface area contributed by atoms with Crippen molar-refractivity contribution in [2.24, 2.45) is 7.05 Å². The van der Waals surface area contributed by atoms with Crippen molar-refractivity contribution in [3.05, 3.63) is 60.2 Å². The van der Waals surface area contributed by atoms with E-state index in [1.54, 1.807) is 39.1 Å². The molecule has 0 atom stereocenters. The van der Waals surface area contributed by atoms with E-state index in [4.69, 9.17) is 4.74 Å². The Morgan fingerprint density at radius 3 is 2.43 bits per heavy atom. The van der Waals surface area contributed by atoms with E-state index in [0.717, 1.165) is 16.6 Å². The van der Waals surface area contributed by atoms with Crippen LogP contribution in [0.2, 0.25) is 0 Å². The van der Waals surface area contributed by atoms with Crippen LogP contribution in [0, 0.1) is 0 Å². The highest BCUT2D eigenvalue weighted by atomic mass is 16.6. The largest absolute Gasteiger partial charge is 0.444 e. The summed E-state index contributed by atoms with van der Waals surface area (Å²) in [5.74, 6) is 0.426. The molecule has 0 saturated carbocycles. The average Bonchev–Trinajstić information content (AvgIpc) is 3.02. The summed E-state index contributed by atoms with van der Waals surface area (Å²) in [4.78, 5) is 29.3. The number of carbonyl (C=O) groups is 2. The molecule has 7 nitrogen and oxygen atoms in total. The van der Waals surface area contributed by atoms with Crippen molar-refractivity contribution >= 4 is 28.5 Å². The molecule has 0 aliphatic rings. The fourth-order valence-electron chi connectivity index (χ4n) is 2.77. The van der Waals surface area contributed by atoms with Crippen LogP contribution in [0.4, 0.5) is 10.5 Å². The maximum Gasteiger partial charge on any atom is 0.412 e. The van der Waals surface area contributed by atoms with Gasteiger partial charge in [0, 0.05) is 19.4 Å². The van der Waals surface area contributed by atoms with Gasteiger partial charge in [0.1, 0.15) is 11.4 Å². The standard InChI is InChI=1S/C21H24N4O3/c1-21(2,3)28-20(27)24-17-12-15-8-6-5-7-14(15)11-16(17)19(26)23-13-18-22-9-10-25(18)4/h5-12H,13H2,1-4H3,(H,23,26)(H,24,27). The molecule has 0 aliphatic carbocycles. The van der Waals surface area contributed by atoms with E-state index in [9.17, 15) is 9.59 Å². The molecule has 2 amide bonds. The first-order valence-electron chi connectivity index (χ1n) is 9.00. The number of nitrogens with zero attached hydrogens (tertiary/aromatic N) is 2. The van der Waals surface area contributed by atoms with Gasteiger partial charge in [-0.05, 0) is 43.7 Å². The number of rotatable bonds is 4. The molecule has 0 spiro atoms. The van der Waals surface area contributed by atoms with E-state index in [0.29, 0.717) is 11.3 Å². The van der Waals surface area contributed by atoms with Gasteiger partial charge in [-0.2, -0.15) is 0 Å². The minimum atomic E-state index is -0.637. The summed E-state index contributed by atoms with van der Waals surface area (Å²) >= 11 is 0. The second kappa shape index (κ2) is 7.72. The fraction of sp³-hybridized carbons (Fsp3) is 0.286. The molecule has 2 N–H and O–H groups in total. The van der Waals surface area contributed by atoms with Gasteiger partial charge in [0.05, 0.1) is 17.8 Å². The van der Waals surface area contributed by atoms with Crippen molar-refractivity contribution in [1.29, 1.82) is 0 Å². The molecule has 146 valence electrons. The van der Waals surface area contributed by atoms with Crippen LogP contribution < -0.4 is 10.6 Å². The second-order valence-corrected chi connectivity index (χ2v) is 7.51. The fourth-order valence-corrected chi connectivity index (χ4v) is 2.77. The molecular formula is C21H24N4O3. The van der Waals surface area contributed by atoms with E-state index in [2.05, 4.69) is 15.6 Å². The Balaban J connectivity index is 1.88. The van der Waals surface area contributed by atoms with Crippen LogP contribution in [0.25, 0.3) is 10.8 Å². The summed E-state index contributed by atoms with van der Waals surface area (Å²) in [6.45, 7) is 5.63. The van der Waals surface area contributed by atoms with Gasteiger partial charge < -0.3 is 14.6 Å². The number of amides is 2. The Morgan fingerprint density at radius 1 is 1.14 bits per heavy atom. The van der Waals surface area contributed by atoms with Crippen LogP contribution in [0.15, 0.2) is 48.8 Å². The molecule has 0 bridgehead atoms. The summed E-state index contributed by atoms with van der Waals surface area (Å²) in [6.07, 6.45) is 2.88. The predicted molar refractivity (Wildman–Crippen MR) is 108 cm³/mol. The van der Waals surface area contributed by atoms with Crippen molar-refractivity contribution < 1.29 is 14.3 Å². The molecular weight excluding hydrogens is 356 g/mol. The average molecular weight is 380 g/mol. The number of hydrogen-bond donors (Lipinski definition) is 2. The maximum atomic E-state index is 12.8. The molecule has 0 radical (unpaired) electrons. The quantitative estimate of drug-likeness (QED) is 0.720. The number of carbonyl (C=O) groups excluding carboxylic acids is 2. The minimum absolute atomic E-state index is 0.279. The van der Waals surface area contributed by atoms with E-state index < -0.39 is 11.7 Å². The smallest absolute Gasteiger partial charge is 0.412 e. The van der Waals surface area contributed by atoms with Crippen LogP contribution in [0.3, 0.4) is 0 Å². The lowest BCUT2D eigenvalue weighted by Crippen LogP contribution is -2.29. The third-order valence-corrected chi connectivity index (χ3v) is 4.09. The van der Waals surface area contributed by atoms with E-state index in [1.807, 2.05) is 42.1 Å². The monoisotopic (exact) mass is 380 g/mol. The van der Waals surface area contributed by atoms with Crippen molar-refractivity contribution in [3.8, 4) is 0 Å². The third kappa shape index (κ3) is 4.68. The molecule has 0 aliphatic heterocycles. The summed E-state index contributed by atoms with van der Waals surface area (Å²) in [5.41, 5.74) is 0.116. The molecule has 7 heteroatoms. The topological polar surface area (TPSA) is 85.3 Å². The molecule has 3 rings (SSSR count). The highest BCUT2D eigenvalue weighted by molar-refractivity contribution is 6.07. The number of hydrogen-bond acceptors (Lipinski definition) is 4. The number of aromatic nitrogens is 2. The van der Waals surface area contributed by atoms with Gasteiger partial charge in [-0.1, -0.05) is 24.3 Å². The number of anilines is 1. The number of benzene rings is 2. The molecule has 0 unspecified atom stereocenters. The van der Waals surface area contributed by atoms with Crippen LogP contribution in [-0.2, 0) is 18.3 Å². The van der Waals surface area contributed by atoms with Crippen LogP contribution >= 0.6 is 0 Å². The second-order valence-electron chi connectivity index (χ2n) is 7.51. The Labute approximate surface area is 163 Å². The highest BCUT2D eigenvalue weighted by Gasteiger charge is 2.20. The number of imidazole rings is 1. The van der Waals surface area contributed by atoms with Gasteiger partial charge in [0.25, 0.3) is 5.91 Å². The Hall–Kier alpha value is -3.35. The molecule has 28 heavy (non-hydrogen) atoms. The molecule has 3 aromatic rings. The lowest BCUT2D eigenvalue weighted by Gasteiger charge is -2.20. The lowest BCUT2D eigenvalue weighted by molar-refractivity contribution is 0.0636. The van der Waals surface area contributed by atoms with Crippen LogP contribution in [-0.4, -0.2) is 27.2 Å². The van der Waals surface area contributed by atoms with Gasteiger partial charge >= 0.3 is 6.09 Å². The zero-order valence-electron chi connectivity index (χ0n) is 16.4. The molecule has 1 aromatic heterocycles. The molecule has 0 saturated heterocycles. The Bertz CT molecular complexity index is 1020. The first-order valence-corrected chi connectivity index (χ1v) is 9.00. The first kappa shape index (κ1) is 19.4. The van der Waals surface area contributed by atoms with E-state index >= 15 is 0 Å². The summed E-state index contributed by atoms with van der Waals surface area (Å²) in [5, 5.41) is 7.37. The predicted octanol–water partition coefficient (Wildman–Crippen LogP) is 3.85. The summed E-state index contributed by atoms with van der Waals surface area (Å²) < 4.78 is 7.16. The van der Waals surface area contributed by atoms with Crippen LogP contribution in [0.1, 0.15) is 37.0 Å². The van der Waals surface area contributed by atoms with Gasteiger partial charge in [0.2, 0.25) is 0 Å². The number of nitrogens with one attached hydrogen (secondary N) is 2. The van der Waals surface area contributed by atoms with Gasteiger partial charge in [-0.25, -0.2) is 9.78 Å². The summed E-state index contributed by atoms with van der Waals surface area (Å²) in [7, 11) is 1.86. The van der Waals surface area contributed by atoms with Gasteiger partial charge in [-0.3, -0.25) is 10.1 Å². The van der Waals surface area contributed by atoms with E-state index in [-0.39, 0.29) is 12.5 Å². The van der Waals surface area contributed by atoms with Gasteiger partial charge in [0.15, 0.2) is 0 Å². The zero-order chi connectivity index (χ0) is 20.3. The normalized spacial score (nSPS) is 11.3. The molecule has 1 heterocycles. The van der Waals surface area contributed by atoms with Crippen molar-refractivity contribution in [2.45, 2.75) is 32.9 Å². The number of fused-ring (bicyclic) bond motifs is 1. The number of aryl methyl sites for hydroxylation is 1. The first-order chi connectivity index (χ1) is 13.2.